The van der Waals surface area contributed by atoms with Gasteiger partial charge >= 0.3 is 5.97 Å². The van der Waals surface area contributed by atoms with Gasteiger partial charge in [-0.2, -0.15) is 0 Å². The molecule has 0 fully saturated rings. The molecule has 0 aliphatic heterocycles. The van der Waals surface area contributed by atoms with Crippen molar-refractivity contribution in [3.8, 4) is 0 Å². The van der Waals surface area contributed by atoms with Gasteiger partial charge in [-0.3, -0.25) is 4.79 Å². The standard InChI is InChI=1S/C14H18N2O3/c1-4-19-13(18)9-7-8-5-6-10(17)14(2,3)11(8)16-12(9)15/h7H,4-6H2,1-3H3,(H2,15,16). The Morgan fingerprint density at radius 2 is 2.16 bits per heavy atom. The summed E-state index contributed by atoms with van der Waals surface area (Å²) < 4.78 is 4.95. The van der Waals surface area contributed by atoms with E-state index in [2.05, 4.69) is 4.98 Å². The zero-order chi connectivity index (χ0) is 14.2. The third kappa shape index (κ3) is 2.20. The summed E-state index contributed by atoms with van der Waals surface area (Å²) in [5, 5.41) is 0. The van der Waals surface area contributed by atoms with E-state index in [-0.39, 0.29) is 17.2 Å². The predicted molar refractivity (Wildman–Crippen MR) is 71.0 cm³/mol. The SMILES string of the molecule is CCOC(=O)c1cc2c(nc1N)C(C)(C)C(=O)CC2. The number of esters is 1. The molecule has 0 amide bonds. The van der Waals surface area contributed by atoms with E-state index in [0.717, 1.165) is 5.56 Å². The Kier molecular flexibility index (Phi) is 3.30. The molecule has 0 saturated heterocycles. The van der Waals surface area contributed by atoms with E-state index in [0.29, 0.717) is 25.1 Å². The van der Waals surface area contributed by atoms with E-state index in [4.69, 9.17) is 10.5 Å². The molecule has 0 unspecified atom stereocenters. The van der Waals surface area contributed by atoms with Crippen LogP contribution in [0.1, 0.15) is 48.8 Å². The Labute approximate surface area is 112 Å². The van der Waals surface area contributed by atoms with Crippen molar-refractivity contribution in [1.29, 1.82) is 0 Å². The topological polar surface area (TPSA) is 82.3 Å². The summed E-state index contributed by atoms with van der Waals surface area (Å²) in [5.41, 5.74) is 7.04. The first kappa shape index (κ1) is 13.5. The molecular weight excluding hydrogens is 244 g/mol. The van der Waals surface area contributed by atoms with Crippen molar-refractivity contribution >= 4 is 17.6 Å². The number of pyridine rings is 1. The number of Topliss-reactive ketones (excluding diaryl/α,β-unsaturated/α-hetero) is 1. The number of aryl methyl sites for hydroxylation is 1. The molecule has 0 aromatic carbocycles. The van der Waals surface area contributed by atoms with Gasteiger partial charge in [0.15, 0.2) is 0 Å². The highest BCUT2D eigenvalue weighted by molar-refractivity contribution is 5.96. The van der Waals surface area contributed by atoms with Crippen molar-refractivity contribution in [2.24, 2.45) is 0 Å². The molecule has 1 aliphatic rings. The first-order chi connectivity index (χ1) is 8.87. The smallest absolute Gasteiger partial charge is 0.341 e. The van der Waals surface area contributed by atoms with Crippen LogP contribution in [0.25, 0.3) is 0 Å². The minimum absolute atomic E-state index is 0.125. The van der Waals surface area contributed by atoms with Gasteiger partial charge in [-0.15, -0.1) is 0 Å². The molecule has 5 heteroatoms. The predicted octanol–water partition coefficient (Wildman–Crippen LogP) is 1.63. The Hall–Kier alpha value is -1.91. The summed E-state index contributed by atoms with van der Waals surface area (Å²) >= 11 is 0. The van der Waals surface area contributed by atoms with Crippen molar-refractivity contribution in [3.05, 3.63) is 22.9 Å². The molecule has 1 aromatic heterocycles. The van der Waals surface area contributed by atoms with Crippen LogP contribution in [0, 0.1) is 0 Å². The zero-order valence-electron chi connectivity index (χ0n) is 11.4. The number of hydrogen-bond donors (Lipinski definition) is 1. The van der Waals surface area contributed by atoms with Crippen LogP contribution < -0.4 is 5.73 Å². The number of aromatic nitrogens is 1. The number of anilines is 1. The van der Waals surface area contributed by atoms with Gasteiger partial charge in [-0.25, -0.2) is 9.78 Å². The number of fused-ring (bicyclic) bond motifs is 1. The van der Waals surface area contributed by atoms with E-state index in [1.807, 2.05) is 13.8 Å². The van der Waals surface area contributed by atoms with Gasteiger partial charge in [0, 0.05) is 6.42 Å². The number of ether oxygens (including phenoxy) is 1. The highest BCUT2D eigenvalue weighted by atomic mass is 16.5. The molecule has 1 heterocycles. The van der Waals surface area contributed by atoms with Crippen LogP contribution in [-0.2, 0) is 21.4 Å². The van der Waals surface area contributed by atoms with Crippen molar-refractivity contribution < 1.29 is 14.3 Å². The van der Waals surface area contributed by atoms with Crippen LogP contribution in [-0.4, -0.2) is 23.3 Å². The Bertz CT molecular complexity index is 550. The first-order valence-electron chi connectivity index (χ1n) is 6.38. The van der Waals surface area contributed by atoms with Crippen LogP contribution in [0.15, 0.2) is 6.07 Å². The molecule has 1 aromatic rings. The fourth-order valence-corrected chi connectivity index (χ4v) is 2.37. The molecule has 0 saturated carbocycles. The Morgan fingerprint density at radius 3 is 2.79 bits per heavy atom. The van der Waals surface area contributed by atoms with Crippen molar-refractivity contribution in [3.63, 3.8) is 0 Å². The van der Waals surface area contributed by atoms with E-state index in [1.54, 1.807) is 13.0 Å². The summed E-state index contributed by atoms with van der Waals surface area (Å²) in [4.78, 5) is 28.0. The van der Waals surface area contributed by atoms with Crippen LogP contribution in [0.4, 0.5) is 5.82 Å². The summed E-state index contributed by atoms with van der Waals surface area (Å²) in [6.07, 6.45) is 1.06. The van der Waals surface area contributed by atoms with Gasteiger partial charge in [0.2, 0.25) is 0 Å². The van der Waals surface area contributed by atoms with Gasteiger partial charge in [0.1, 0.15) is 17.2 Å². The zero-order valence-corrected chi connectivity index (χ0v) is 11.4. The number of hydrogen-bond acceptors (Lipinski definition) is 5. The minimum atomic E-state index is -0.644. The lowest BCUT2D eigenvalue weighted by molar-refractivity contribution is -0.124. The normalized spacial score (nSPS) is 16.9. The van der Waals surface area contributed by atoms with Crippen molar-refractivity contribution in [2.75, 3.05) is 12.3 Å². The monoisotopic (exact) mass is 262 g/mol. The van der Waals surface area contributed by atoms with Gasteiger partial charge < -0.3 is 10.5 Å². The van der Waals surface area contributed by atoms with Crippen LogP contribution in [0.5, 0.6) is 0 Å². The average Bonchev–Trinajstić information content (AvgIpc) is 2.35. The average molecular weight is 262 g/mol. The second kappa shape index (κ2) is 4.64. The number of carbonyl (C=O) groups excluding carboxylic acids is 2. The van der Waals surface area contributed by atoms with Gasteiger partial charge in [-0.05, 0) is 38.8 Å². The minimum Gasteiger partial charge on any atom is -0.462 e. The molecular formula is C14H18N2O3. The summed E-state index contributed by atoms with van der Waals surface area (Å²) in [7, 11) is 0. The van der Waals surface area contributed by atoms with Crippen molar-refractivity contribution in [1.82, 2.24) is 4.98 Å². The fraction of sp³-hybridized carbons (Fsp3) is 0.500. The molecule has 2 N–H and O–H groups in total. The summed E-state index contributed by atoms with van der Waals surface area (Å²) in [6.45, 7) is 5.70. The highest BCUT2D eigenvalue weighted by Crippen LogP contribution is 2.34. The second-order valence-corrected chi connectivity index (χ2v) is 5.20. The van der Waals surface area contributed by atoms with E-state index in [1.165, 1.54) is 0 Å². The molecule has 5 nitrogen and oxygen atoms in total. The maximum absolute atomic E-state index is 11.9. The van der Waals surface area contributed by atoms with E-state index < -0.39 is 11.4 Å². The highest BCUT2D eigenvalue weighted by Gasteiger charge is 2.37. The van der Waals surface area contributed by atoms with Crippen molar-refractivity contribution in [2.45, 2.75) is 39.0 Å². The Morgan fingerprint density at radius 1 is 1.47 bits per heavy atom. The molecule has 0 radical (unpaired) electrons. The van der Waals surface area contributed by atoms with Crippen LogP contribution in [0.2, 0.25) is 0 Å². The number of nitrogen functional groups attached to an aromatic ring is 1. The van der Waals surface area contributed by atoms with E-state index in [9.17, 15) is 9.59 Å². The molecule has 102 valence electrons. The van der Waals surface area contributed by atoms with Gasteiger partial charge in [0.25, 0.3) is 0 Å². The second-order valence-electron chi connectivity index (χ2n) is 5.20. The largest absolute Gasteiger partial charge is 0.462 e. The lowest BCUT2D eigenvalue weighted by Crippen LogP contribution is -2.36. The number of rotatable bonds is 2. The lowest BCUT2D eigenvalue weighted by atomic mass is 9.74. The third-order valence-electron chi connectivity index (χ3n) is 3.54. The number of nitrogens with two attached hydrogens (primary N) is 1. The molecule has 2 rings (SSSR count). The summed E-state index contributed by atoms with van der Waals surface area (Å²) in [6, 6.07) is 1.71. The molecule has 0 bridgehead atoms. The fourth-order valence-electron chi connectivity index (χ4n) is 2.37. The van der Waals surface area contributed by atoms with E-state index >= 15 is 0 Å². The molecule has 0 atom stereocenters. The van der Waals surface area contributed by atoms with Gasteiger partial charge in [-0.1, -0.05) is 0 Å². The molecule has 19 heavy (non-hydrogen) atoms. The number of ketones is 1. The maximum Gasteiger partial charge on any atom is 0.341 e. The van der Waals surface area contributed by atoms with Gasteiger partial charge in [0.05, 0.1) is 17.7 Å². The molecule has 0 spiro atoms. The van der Waals surface area contributed by atoms with Crippen LogP contribution >= 0.6 is 0 Å². The molecule has 1 aliphatic carbocycles. The summed E-state index contributed by atoms with van der Waals surface area (Å²) in [5.74, 6) is -0.194. The third-order valence-corrected chi connectivity index (χ3v) is 3.54. The number of carbonyl (C=O) groups is 2. The lowest BCUT2D eigenvalue weighted by Gasteiger charge is -2.30. The maximum atomic E-state index is 11.9. The van der Waals surface area contributed by atoms with Crippen LogP contribution in [0.3, 0.4) is 0 Å². The quantitative estimate of drug-likeness (QED) is 0.819. The Balaban J connectivity index is 2.51. The number of nitrogens with zero attached hydrogens (tertiary/aromatic N) is 1. The first-order valence-corrected chi connectivity index (χ1v) is 6.38.